The molecule has 134 valence electrons. The van der Waals surface area contributed by atoms with Gasteiger partial charge in [0.15, 0.2) is 0 Å². The molecule has 2 aliphatic heterocycles. The van der Waals surface area contributed by atoms with Gasteiger partial charge in [-0.25, -0.2) is 0 Å². The molecule has 4 rings (SSSR count). The van der Waals surface area contributed by atoms with E-state index in [1.807, 2.05) is 47.4 Å². The Morgan fingerprint density at radius 3 is 2.69 bits per heavy atom. The van der Waals surface area contributed by atoms with Gasteiger partial charge in [0.05, 0.1) is 6.54 Å². The van der Waals surface area contributed by atoms with Crippen LogP contribution < -0.4 is 10.2 Å². The van der Waals surface area contributed by atoms with Crippen LogP contribution in [-0.4, -0.2) is 42.4 Å². The fourth-order valence-corrected chi connectivity index (χ4v) is 3.85. The van der Waals surface area contributed by atoms with Gasteiger partial charge in [0.25, 0.3) is 5.91 Å². The van der Waals surface area contributed by atoms with Gasteiger partial charge in [0.1, 0.15) is 0 Å². The van der Waals surface area contributed by atoms with Crippen molar-refractivity contribution >= 4 is 17.5 Å². The highest BCUT2D eigenvalue weighted by molar-refractivity contribution is 6.07. The number of hydrogen-bond acceptors (Lipinski definition) is 3. The maximum absolute atomic E-state index is 13.0. The molecule has 0 unspecified atom stereocenters. The standard InChI is InChI=1S/C21H23N3O2/c1-15-12-18-4-2-3-5-19(18)24(15)21(26)17-8-6-16(7-9-17)13-23-11-10-22-20(25)14-23/h2-9,15H,10-14H2,1H3,(H,22,25)/t15-/m0/s1. The second-order valence-electron chi connectivity index (χ2n) is 7.11. The van der Waals surface area contributed by atoms with Gasteiger partial charge in [-0.2, -0.15) is 0 Å². The summed E-state index contributed by atoms with van der Waals surface area (Å²) in [5.41, 5.74) is 4.07. The van der Waals surface area contributed by atoms with E-state index in [0.29, 0.717) is 18.7 Å². The molecular formula is C21H23N3O2. The van der Waals surface area contributed by atoms with Crippen molar-refractivity contribution < 1.29 is 9.59 Å². The highest BCUT2D eigenvalue weighted by atomic mass is 16.2. The lowest BCUT2D eigenvalue weighted by Gasteiger charge is -2.26. The lowest BCUT2D eigenvalue weighted by Crippen LogP contribution is -2.47. The lowest BCUT2D eigenvalue weighted by atomic mass is 10.1. The number of hydrogen-bond donors (Lipinski definition) is 1. The van der Waals surface area contributed by atoms with Gasteiger partial charge in [-0.05, 0) is 42.7 Å². The SMILES string of the molecule is C[C@H]1Cc2ccccc2N1C(=O)c1ccc(CN2CCNC(=O)C2)cc1. The second kappa shape index (κ2) is 6.92. The van der Waals surface area contributed by atoms with E-state index in [9.17, 15) is 9.59 Å². The van der Waals surface area contributed by atoms with Gasteiger partial charge in [-0.1, -0.05) is 30.3 Å². The molecule has 26 heavy (non-hydrogen) atoms. The molecule has 0 aliphatic carbocycles. The highest BCUT2D eigenvalue weighted by Crippen LogP contribution is 2.33. The number of para-hydroxylation sites is 1. The Bertz CT molecular complexity index is 831. The van der Waals surface area contributed by atoms with Crippen molar-refractivity contribution in [2.45, 2.75) is 25.9 Å². The first-order valence-electron chi connectivity index (χ1n) is 9.11. The zero-order valence-corrected chi connectivity index (χ0v) is 14.9. The summed E-state index contributed by atoms with van der Waals surface area (Å²) in [6.45, 7) is 4.80. The number of nitrogens with zero attached hydrogens (tertiary/aromatic N) is 2. The van der Waals surface area contributed by atoms with Crippen molar-refractivity contribution in [3.8, 4) is 0 Å². The number of fused-ring (bicyclic) bond motifs is 1. The molecule has 2 aromatic carbocycles. The molecule has 5 heteroatoms. The van der Waals surface area contributed by atoms with Gasteiger partial charge in [0.2, 0.25) is 5.91 Å². The first-order valence-corrected chi connectivity index (χ1v) is 9.11. The Morgan fingerprint density at radius 1 is 1.15 bits per heavy atom. The van der Waals surface area contributed by atoms with Crippen molar-refractivity contribution in [2.75, 3.05) is 24.5 Å². The molecule has 0 aromatic heterocycles. The zero-order valence-electron chi connectivity index (χ0n) is 14.9. The molecule has 1 N–H and O–H groups in total. The Morgan fingerprint density at radius 2 is 1.92 bits per heavy atom. The van der Waals surface area contributed by atoms with E-state index < -0.39 is 0 Å². The smallest absolute Gasteiger partial charge is 0.258 e. The minimum Gasteiger partial charge on any atom is -0.354 e. The summed E-state index contributed by atoms with van der Waals surface area (Å²) in [7, 11) is 0. The summed E-state index contributed by atoms with van der Waals surface area (Å²) in [5, 5.41) is 2.83. The van der Waals surface area contributed by atoms with Crippen LogP contribution in [0, 0.1) is 0 Å². The van der Waals surface area contributed by atoms with Crippen LogP contribution in [0.25, 0.3) is 0 Å². The van der Waals surface area contributed by atoms with E-state index in [-0.39, 0.29) is 17.9 Å². The third kappa shape index (κ3) is 3.22. The molecule has 2 amide bonds. The number of rotatable bonds is 3. The summed E-state index contributed by atoms with van der Waals surface area (Å²) in [6.07, 6.45) is 0.900. The molecule has 0 saturated carbocycles. The molecule has 0 spiro atoms. The lowest BCUT2D eigenvalue weighted by molar-refractivity contribution is -0.124. The normalized spacial score (nSPS) is 20.0. The highest BCUT2D eigenvalue weighted by Gasteiger charge is 2.31. The quantitative estimate of drug-likeness (QED) is 0.924. The van der Waals surface area contributed by atoms with Crippen molar-refractivity contribution in [1.29, 1.82) is 0 Å². The number of carbonyl (C=O) groups is 2. The summed E-state index contributed by atoms with van der Waals surface area (Å²) >= 11 is 0. The van der Waals surface area contributed by atoms with Crippen LogP contribution >= 0.6 is 0 Å². The predicted molar refractivity (Wildman–Crippen MR) is 101 cm³/mol. The van der Waals surface area contributed by atoms with Gasteiger partial charge < -0.3 is 10.2 Å². The number of nitrogens with one attached hydrogen (secondary N) is 1. The van der Waals surface area contributed by atoms with Gasteiger partial charge in [0, 0.05) is 36.9 Å². The molecule has 2 heterocycles. The van der Waals surface area contributed by atoms with Crippen molar-refractivity contribution in [3.05, 3.63) is 65.2 Å². The third-order valence-electron chi connectivity index (χ3n) is 5.15. The van der Waals surface area contributed by atoms with Crippen molar-refractivity contribution in [2.24, 2.45) is 0 Å². The fraction of sp³-hybridized carbons (Fsp3) is 0.333. The average Bonchev–Trinajstić information content (AvgIpc) is 2.97. The Labute approximate surface area is 153 Å². The molecule has 1 atom stereocenters. The fourth-order valence-electron chi connectivity index (χ4n) is 3.85. The summed E-state index contributed by atoms with van der Waals surface area (Å²) < 4.78 is 0. The molecule has 0 radical (unpaired) electrons. The topological polar surface area (TPSA) is 52.7 Å². The largest absolute Gasteiger partial charge is 0.354 e. The van der Waals surface area contributed by atoms with Gasteiger partial charge in [-0.3, -0.25) is 14.5 Å². The van der Waals surface area contributed by atoms with Crippen LogP contribution in [0.2, 0.25) is 0 Å². The summed E-state index contributed by atoms with van der Waals surface area (Å²) in [4.78, 5) is 28.5. The van der Waals surface area contributed by atoms with E-state index in [4.69, 9.17) is 0 Å². The average molecular weight is 349 g/mol. The van der Waals surface area contributed by atoms with E-state index >= 15 is 0 Å². The zero-order chi connectivity index (χ0) is 18.1. The number of piperazine rings is 1. The van der Waals surface area contributed by atoms with Gasteiger partial charge in [-0.15, -0.1) is 0 Å². The third-order valence-corrected chi connectivity index (χ3v) is 5.15. The second-order valence-corrected chi connectivity index (χ2v) is 7.11. The van der Waals surface area contributed by atoms with Crippen LogP contribution in [0.4, 0.5) is 5.69 Å². The van der Waals surface area contributed by atoms with E-state index in [0.717, 1.165) is 30.8 Å². The van der Waals surface area contributed by atoms with E-state index in [1.54, 1.807) is 0 Å². The van der Waals surface area contributed by atoms with Gasteiger partial charge >= 0.3 is 0 Å². The summed E-state index contributed by atoms with van der Waals surface area (Å²) in [6, 6.07) is 16.1. The molecule has 5 nitrogen and oxygen atoms in total. The molecule has 0 bridgehead atoms. The van der Waals surface area contributed by atoms with Crippen LogP contribution in [0.1, 0.15) is 28.4 Å². The van der Waals surface area contributed by atoms with Crippen LogP contribution in [-0.2, 0) is 17.8 Å². The molecule has 2 aliphatic rings. The first-order chi connectivity index (χ1) is 12.6. The molecule has 1 saturated heterocycles. The van der Waals surface area contributed by atoms with Crippen LogP contribution in [0.5, 0.6) is 0 Å². The maximum atomic E-state index is 13.0. The van der Waals surface area contributed by atoms with E-state index in [2.05, 4.69) is 23.2 Å². The van der Waals surface area contributed by atoms with Crippen molar-refractivity contribution in [1.82, 2.24) is 10.2 Å². The molecule has 2 aromatic rings. The minimum atomic E-state index is 0.0475. The number of carbonyl (C=O) groups excluding carboxylic acids is 2. The Balaban J connectivity index is 1.48. The van der Waals surface area contributed by atoms with E-state index in [1.165, 1.54) is 5.56 Å². The van der Waals surface area contributed by atoms with Crippen LogP contribution in [0.15, 0.2) is 48.5 Å². The molecule has 1 fully saturated rings. The Kier molecular flexibility index (Phi) is 4.47. The Hall–Kier alpha value is -2.66. The molecular weight excluding hydrogens is 326 g/mol. The summed E-state index contributed by atoms with van der Waals surface area (Å²) in [5.74, 6) is 0.121. The predicted octanol–water partition coefficient (Wildman–Crippen LogP) is 2.21. The van der Waals surface area contributed by atoms with Crippen molar-refractivity contribution in [3.63, 3.8) is 0 Å². The number of anilines is 1. The first kappa shape index (κ1) is 16.8. The monoisotopic (exact) mass is 349 g/mol. The maximum Gasteiger partial charge on any atom is 0.258 e. The number of benzene rings is 2. The minimum absolute atomic E-state index is 0.0475. The van der Waals surface area contributed by atoms with Crippen LogP contribution in [0.3, 0.4) is 0 Å². The number of amides is 2.